The van der Waals surface area contributed by atoms with Crippen molar-refractivity contribution < 1.29 is 35.2 Å². The first-order chi connectivity index (χ1) is 12.8. The quantitative estimate of drug-likeness (QED) is 0.497. The van der Waals surface area contributed by atoms with Crippen molar-refractivity contribution in [3.8, 4) is 0 Å². The van der Waals surface area contributed by atoms with Crippen LogP contribution in [0.1, 0.15) is 17.4 Å². The van der Waals surface area contributed by atoms with Crippen LogP contribution in [0.5, 0.6) is 0 Å². The van der Waals surface area contributed by atoms with Gasteiger partial charge in [0.1, 0.15) is 21.2 Å². The number of anilines is 1. The molecule has 0 aliphatic rings. The molecule has 28 heavy (non-hydrogen) atoms. The second-order valence-corrected chi connectivity index (χ2v) is 8.00. The van der Waals surface area contributed by atoms with Crippen LogP contribution in [0.4, 0.5) is 27.6 Å². The number of amides is 1. The molecule has 2 rings (SSSR count). The van der Waals surface area contributed by atoms with Gasteiger partial charge < -0.3 is 9.88 Å². The first-order valence-electron chi connectivity index (χ1n) is 7.31. The maximum atomic E-state index is 14.6. The molecule has 0 aliphatic heterocycles. The van der Waals surface area contributed by atoms with Gasteiger partial charge in [0.15, 0.2) is 11.6 Å². The Kier molecular flexibility index (Phi) is 6.16. The van der Waals surface area contributed by atoms with Gasteiger partial charge in [-0.1, -0.05) is 0 Å². The number of rotatable bonds is 5. The number of sulfonamides is 1. The number of hydrogen-bond acceptors (Lipinski definition) is 4. The average Bonchev–Trinajstić information content (AvgIpc) is 2.86. The second kappa shape index (κ2) is 7.75. The van der Waals surface area contributed by atoms with Crippen LogP contribution in [0, 0.1) is 11.6 Å². The molecular weight excluding hydrogens is 479 g/mol. The summed E-state index contributed by atoms with van der Waals surface area (Å²) in [5.74, 6) is -3.77. The topological polar surface area (TPSA) is 93.1 Å². The number of nitrogens with zero attached hydrogens (tertiary/aromatic N) is 2. The number of aromatic nitrogens is 2. The van der Waals surface area contributed by atoms with Crippen molar-refractivity contribution in [1.29, 1.82) is 0 Å². The zero-order valence-electron chi connectivity index (χ0n) is 14.1. The lowest BCUT2D eigenvalue weighted by molar-refractivity contribution is -0.147. The molecule has 0 aliphatic carbocycles. The van der Waals surface area contributed by atoms with Crippen LogP contribution in [0.2, 0.25) is 0 Å². The summed E-state index contributed by atoms with van der Waals surface area (Å²) in [5.41, 5.74) is -1.20. The van der Waals surface area contributed by atoms with Gasteiger partial charge in [-0.2, -0.15) is 17.9 Å². The molecular formula is C14H12BrF5N4O3S. The Hall–Kier alpha value is -2.06. The number of pyridine rings is 1. The van der Waals surface area contributed by atoms with Gasteiger partial charge in [0.25, 0.3) is 5.91 Å². The van der Waals surface area contributed by atoms with Crippen LogP contribution in [0.15, 0.2) is 28.0 Å². The highest BCUT2D eigenvalue weighted by atomic mass is 79.9. The van der Waals surface area contributed by atoms with Crippen molar-refractivity contribution in [2.24, 2.45) is 7.05 Å². The molecule has 2 N–H and O–H groups in total. The summed E-state index contributed by atoms with van der Waals surface area (Å²) >= 11 is 2.79. The molecule has 0 saturated heterocycles. The molecule has 0 aromatic carbocycles. The molecule has 0 fully saturated rings. The van der Waals surface area contributed by atoms with E-state index < -0.39 is 50.4 Å². The van der Waals surface area contributed by atoms with Crippen molar-refractivity contribution in [2.75, 3.05) is 5.32 Å². The fourth-order valence-electron chi connectivity index (χ4n) is 2.08. The number of hydrogen-bond donors (Lipinski definition) is 2. The molecule has 0 saturated carbocycles. The molecule has 2 aromatic heterocycles. The van der Waals surface area contributed by atoms with Crippen LogP contribution >= 0.6 is 15.9 Å². The summed E-state index contributed by atoms with van der Waals surface area (Å²) in [6, 6.07) is -1.42. The number of alkyl halides is 3. The third kappa shape index (κ3) is 4.50. The first-order valence-corrected chi connectivity index (χ1v) is 9.58. The van der Waals surface area contributed by atoms with E-state index >= 15 is 0 Å². The summed E-state index contributed by atoms with van der Waals surface area (Å²) in [6.45, 7) is 0.538. The van der Waals surface area contributed by atoms with Crippen LogP contribution in [0.3, 0.4) is 0 Å². The molecule has 7 nitrogen and oxygen atoms in total. The maximum absolute atomic E-state index is 14.6. The van der Waals surface area contributed by atoms with Gasteiger partial charge in [-0.15, -0.1) is 0 Å². The molecule has 2 heterocycles. The van der Waals surface area contributed by atoms with Crippen molar-refractivity contribution >= 4 is 37.5 Å². The minimum atomic E-state index is -4.93. The fourth-order valence-corrected chi connectivity index (χ4v) is 3.76. The van der Waals surface area contributed by atoms with E-state index in [4.69, 9.17) is 0 Å². The van der Waals surface area contributed by atoms with Crippen molar-refractivity contribution in [3.05, 3.63) is 40.4 Å². The largest absolute Gasteiger partial charge is 0.404 e. The third-order valence-corrected chi connectivity index (χ3v) is 5.59. The highest BCUT2D eigenvalue weighted by Gasteiger charge is 2.40. The smallest absolute Gasteiger partial charge is 0.343 e. The molecule has 1 amide bonds. The van der Waals surface area contributed by atoms with Gasteiger partial charge in [0.2, 0.25) is 10.0 Å². The summed E-state index contributed by atoms with van der Waals surface area (Å²) in [4.78, 5) is 14.7. The molecule has 14 heteroatoms. The van der Waals surface area contributed by atoms with Crippen LogP contribution in [-0.4, -0.2) is 36.1 Å². The Balaban J connectivity index is 2.38. The van der Waals surface area contributed by atoms with E-state index in [9.17, 15) is 35.2 Å². The van der Waals surface area contributed by atoms with Crippen molar-refractivity contribution in [2.45, 2.75) is 24.0 Å². The lowest BCUT2D eigenvalue weighted by atomic mass is 10.3. The molecule has 2 aromatic rings. The molecule has 0 radical (unpaired) electrons. The Bertz CT molecular complexity index is 1020. The van der Waals surface area contributed by atoms with Gasteiger partial charge in [-0.25, -0.2) is 22.2 Å². The van der Waals surface area contributed by atoms with Gasteiger partial charge in [-0.05, 0) is 28.9 Å². The van der Waals surface area contributed by atoms with E-state index in [1.54, 1.807) is 0 Å². The number of nitrogens with one attached hydrogen (secondary N) is 2. The van der Waals surface area contributed by atoms with E-state index in [1.807, 2.05) is 5.32 Å². The van der Waals surface area contributed by atoms with Crippen molar-refractivity contribution in [3.63, 3.8) is 0 Å². The van der Waals surface area contributed by atoms with Gasteiger partial charge in [0, 0.05) is 19.4 Å². The minimum Gasteiger partial charge on any atom is -0.343 e. The van der Waals surface area contributed by atoms with E-state index in [1.165, 1.54) is 4.72 Å². The van der Waals surface area contributed by atoms with Gasteiger partial charge in [-0.3, -0.25) is 4.79 Å². The zero-order valence-corrected chi connectivity index (χ0v) is 16.5. The SMILES string of the molecule is CC(NS(=O)(=O)c1cn(C)c(C(=O)Nc2ccnc(Br)c2F)c1F)C(F)(F)F. The summed E-state index contributed by atoms with van der Waals surface area (Å²) in [5, 5.41) is 2.04. The minimum absolute atomic E-state index is 0.230. The fraction of sp³-hybridized carbons (Fsp3) is 0.286. The van der Waals surface area contributed by atoms with E-state index in [-0.39, 0.29) is 10.3 Å². The summed E-state index contributed by atoms with van der Waals surface area (Å²) in [7, 11) is -3.83. The Labute approximate surface area is 164 Å². The van der Waals surface area contributed by atoms with E-state index in [2.05, 4.69) is 20.9 Å². The van der Waals surface area contributed by atoms with Gasteiger partial charge in [0.05, 0.1) is 5.69 Å². The Morgan fingerprint density at radius 3 is 2.46 bits per heavy atom. The highest BCUT2D eigenvalue weighted by molar-refractivity contribution is 9.10. The predicted octanol–water partition coefficient (Wildman–Crippen LogP) is 2.94. The molecule has 154 valence electrons. The predicted molar refractivity (Wildman–Crippen MR) is 91.1 cm³/mol. The highest BCUT2D eigenvalue weighted by Crippen LogP contribution is 2.26. The molecule has 0 bridgehead atoms. The summed E-state index contributed by atoms with van der Waals surface area (Å²) in [6.07, 6.45) is -3.12. The standard InChI is InChI=1S/C14H12BrF5N4O3S/c1-6(14(18,19)20)23-28(26,27)8-5-24(2)11(10(8)17)13(25)22-7-3-4-21-12(15)9(7)16/h3-6,23H,1-2H3,(H,21,22,25). The van der Waals surface area contributed by atoms with Crippen LogP contribution in [0.25, 0.3) is 0 Å². The number of halogens is 6. The van der Waals surface area contributed by atoms with Crippen LogP contribution < -0.4 is 10.0 Å². The van der Waals surface area contributed by atoms with Crippen molar-refractivity contribution in [1.82, 2.24) is 14.3 Å². The Morgan fingerprint density at radius 2 is 1.89 bits per heavy atom. The summed E-state index contributed by atoms with van der Waals surface area (Å²) < 4.78 is 92.2. The van der Waals surface area contributed by atoms with E-state index in [0.717, 1.165) is 23.9 Å². The average molecular weight is 491 g/mol. The van der Waals surface area contributed by atoms with Gasteiger partial charge >= 0.3 is 6.18 Å². The monoisotopic (exact) mass is 490 g/mol. The Morgan fingerprint density at radius 1 is 1.29 bits per heavy atom. The molecule has 0 spiro atoms. The normalized spacial score (nSPS) is 13.4. The zero-order chi connectivity index (χ0) is 21.4. The number of aryl methyl sites for hydroxylation is 1. The molecule has 1 unspecified atom stereocenters. The third-order valence-electron chi connectivity index (χ3n) is 3.51. The first kappa shape index (κ1) is 22.2. The van der Waals surface area contributed by atoms with E-state index in [0.29, 0.717) is 13.1 Å². The number of carbonyl (C=O) groups excluding carboxylic acids is 1. The lowest BCUT2D eigenvalue weighted by Gasteiger charge is -2.16. The lowest BCUT2D eigenvalue weighted by Crippen LogP contribution is -2.43. The van der Waals surface area contributed by atoms with Crippen LogP contribution in [-0.2, 0) is 17.1 Å². The second-order valence-electron chi connectivity index (χ2n) is 5.57. The number of carbonyl (C=O) groups is 1. The molecule has 1 atom stereocenters. The maximum Gasteiger partial charge on any atom is 0.404 e.